The summed E-state index contributed by atoms with van der Waals surface area (Å²) in [5.41, 5.74) is 0. The van der Waals surface area contributed by atoms with E-state index in [2.05, 4.69) is 10.6 Å². The number of amides is 1. The van der Waals surface area contributed by atoms with E-state index in [4.69, 9.17) is 5.11 Å². The van der Waals surface area contributed by atoms with Gasteiger partial charge >= 0.3 is 5.97 Å². The fourth-order valence-electron chi connectivity index (χ4n) is 1.83. The number of carboxylic acid groups (broad SMARTS) is 1. The van der Waals surface area contributed by atoms with Gasteiger partial charge in [-0.1, -0.05) is 20.8 Å². The van der Waals surface area contributed by atoms with E-state index in [9.17, 15) is 9.59 Å². The van der Waals surface area contributed by atoms with Gasteiger partial charge in [-0.3, -0.25) is 9.59 Å². The van der Waals surface area contributed by atoms with Crippen LogP contribution in [-0.2, 0) is 9.59 Å². The predicted octanol–water partition coefficient (Wildman–Crippen LogP) is 0.457. The van der Waals surface area contributed by atoms with Gasteiger partial charge in [0.1, 0.15) is 0 Å². The number of carbonyl (C=O) groups excluding carboxylic acids is 1. The third kappa shape index (κ3) is 4.00. The Kier molecular flexibility index (Phi) is 4.93. The monoisotopic (exact) mass is 242 g/mol. The van der Waals surface area contributed by atoms with Crippen LogP contribution in [0.5, 0.6) is 0 Å². The molecule has 0 spiro atoms. The highest BCUT2D eigenvalue weighted by Gasteiger charge is 2.30. The van der Waals surface area contributed by atoms with E-state index in [1.807, 2.05) is 20.8 Å². The number of rotatable bonds is 6. The van der Waals surface area contributed by atoms with Crippen molar-refractivity contribution in [3.63, 3.8) is 0 Å². The van der Waals surface area contributed by atoms with Crippen molar-refractivity contribution in [2.45, 2.75) is 33.2 Å². The average Bonchev–Trinajstić information content (AvgIpc) is 2.12. The third-order valence-corrected chi connectivity index (χ3v) is 3.46. The molecule has 0 aliphatic carbocycles. The molecule has 0 aromatic rings. The van der Waals surface area contributed by atoms with Crippen LogP contribution in [0.2, 0.25) is 0 Å². The fraction of sp³-hybridized carbons (Fsp3) is 0.833. The van der Waals surface area contributed by atoms with Crippen LogP contribution in [0.4, 0.5) is 0 Å². The lowest BCUT2D eigenvalue weighted by Crippen LogP contribution is -2.51. The summed E-state index contributed by atoms with van der Waals surface area (Å²) in [6.45, 7) is 7.49. The van der Waals surface area contributed by atoms with E-state index in [1.54, 1.807) is 0 Å². The Morgan fingerprint density at radius 3 is 2.29 bits per heavy atom. The first-order valence-corrected chi connectivity index (χ1v) is 6.14. The van der Waals surface area contributed by atoms with Gasteiger partial charge in [-0.2, -0.15) is 0 Å². The van der Waals surface area contributed by atoms with Gasteiger partial charge in [-0.25, -0.2) is 0 Å². The zero-order valence-corrected chi connectivity index (χ0v) is 10.7. The normalized spacial score (nSPS) is 19.5. The summed E-state index contributed by atoms with van der Waals surface area (Å²) >= 11 is 0. The maximum absolute atomic E-state index is 11.9. The lowest BCUT2D eigenvalue weighted by atomic mass is 9.87. The van der Waals surface area contributed by atoms with Crippen LogP contribution >= 0.6 is 0 Å². The van der Waals surface area contributed by atoms with Crippen LogP contribution < -0.4 is 10.6 Å². The lowest BCUT2D eigenvalue weighted by molar-refractivity contribution is -0.138. The highest BCUT2D eigenvalue weighted by Crippen LogP contribution is 2.17. The first-order chi connectivity index (χ1) is 7.91. The van der Waals surface area contributed by atoms with Gasteiger partial charge in [-0.05, 0) is 24.9 Å². The second kappa shape index (κ2) is 6.00. The van der Waals surface area contributed by atoms with Gasteiger partial charge in [0.25, 0.3) is 0 Å². The largest absolute Gasteiger partial charge is 0.481 e. The van der Waals surface area contributed by atoms with Crippen LogP contribution in [-0.4, -0.2) is 36.1 Å². The van der Waals surface area contributed by atoms with E-state index < -0.39 is 5.97 Å². The molecule has 3 N–H and O–H groups in total. The molecule has 0 radical (unpaired) electrons. The molecule has 1 heterocycles. The van der Waals surface area contributed by atoms with Crippen molar-refractivity contribution in [2.75, 3.05) is 13.1 Å². The lowest BCUT2D eigenvalue weighted by Gasteiger charge is -2.33. The molecule has 1 aliphatic heterocycles. The highest BCUT2D eigenvalue weighted by molar-refractivity contribution is 5.80. The van der Waals surface area contributed by atoms with Crippen LogP contribution in [0.3, 0.4) is 0 Å². The summed E-state index contributed by atoms with van der Waals surface area (Å²) < 4.78 is 0. The van der Waals surface area contributed by atoms with Crippen LogP contribution in [0.1, 0.15) is 27.2 Å². The average molecular weight is 242 g/mol. The standard InChI is InChI=1S/C12H22N2O3/c1-7(2)10(4-11(15)16)14-12(17)8(3)9-5-13-6-9/h7-10,13H,4-6H2,1-3H3,(H,14,17)(H,15,16). The van der Waals surface area contributed by atoms with Crippen LogP contribution in [0.15, 0.2) is 0 Å². The number of carbonyl (C=O) groups is 2. The van der Waals surface area contributed by atoms with Crippen molar-refractivity contribution in [3.8, 4) is 0 Å². The second-order valence-corrected chi connectivity index (χ2v) is 5.16. The first kappa shape index (κ1) is 14.0. The van der Waals surface area contributed by atoms with E-state index in [1.165, 1.54) is 0 Å². The Hall–Kier alpha value is -1.10. The zero-order chi connectivity index (χ0) is 13.0. The highest BCUT2D eigenvalue weighted by atomic mass is 16.4. The van der Waals surface area contributed by atoms with Crippen LogP contribution in [0.25, 0.3) is 0 Å². The van der Waals surface area contributed by atoms with Crippen LogP contribution in [0, 0.1) is 17.8 Å². The molecule has 5 nitrogen and oxygen atoms in total. The summed E-state index contributed by atoms with van der Waals surface area (Å²) in [4.78, 5) is 22.6. The molecule has 0 aromatic carbocycles. The Balaban J connectivity index is 2.47. The summed E-state index contributed by atoms with van der Waals surface area (Å²) in [6.07, 6.45) is -0.0148. The molecule has 1 aliphatic rings. The van der Waals surface area contributed by atoms with Gasteiger partial charge < -0.3 is 15.7 Å². The molecule has 1 fully saturated rings. The minimum atomic E-state index is -0.873. The van der Waals surface area contributed by atoms with Crippen molar-refractivity contribution >= 4 is 11.9 Å². The number of hydrogen-bond acceptors (Lipinski definition) is 3. The number of aliphatic carboxylic acids is 1. The minimum absolute atomic E-state index is 0.0148. The molecule has 1 rings (SSSR count). The SMILES string of the molecule is CC(C)C(CC(=O)O)NC(=O)C(C)C1CNC1. The topological polar surface area (TPSA) is 78.4 Å². The third-order valence-electron chi connectivity index (χ3n) is 3.46. The van der Waals surface area contributed by atoms with Crippen molar-refractivity contribution in [1.82, 2.24) is 10.6 Å². The maximum atomic E-state index is 11.9. The molecular formula is C12H22N2O3. The van der Waals surface area contributed by atoms with Crippen molar-refractivity contribution in [2.24, 2.45) is 17.8 Å². The first-order valence-electron chi connectivity index (χ1n) is 6.14. The molecule has 2 atom stereocenters. The minimum Gasteiger partial charge on any atom is -0.481 e. The van der Waals surface area contributed by atoms with Crippen molar-refractivity contribution in [1.29, 1.82) is 0 Å². The molecular weight excluding hydrogens is 220 g/mol. The van der Waals surface area contributed by atoms with E-state index >= 15 is 0 Å². The molecule has 0 bridgehead atoms. The van der Waals surface area contributed by atoms with Gasteiger partial charge in [0, 0.05) is 12.0 Å². The fourth-order valence-corrected chi connectivity index (χ4v) is 1.83. The summed E-state index contributed by atoms with van der Waals surface area (Å²) in [5, 5.41) is 14.8. The predicted molar refractivity (Wildman–Crippen MR) is 64.5 cm³/mol. The Labute approximate surface area is 102 Å². The number of hydrogen-bond donors (Lipinski definition) is 3. The van der Waals surface area contributed by atoms with E-state index in [0.29, 0.717) is 5.92 Å². The van der Waals surface area contributed by atoms with E-state index in [-0.39, 0.29) is 30.2 Å². The van der Waals surface area contributed by atoms with E-state index in [0.717, 1.165) is 13.1 Å². The zero-order valence-electron chi connectivity index (χ0n) is 10.7. The Bertz CT molecular complexity index is 287. The molecule has 17 heavy (non-hydrogen) atoms. The summed E-state index contributed by atoms with van der Waals surface area (Å²) in [5.74, 6) is -0.445. The Morgan fingerprint density at radius 1 is 1.35 bits per heavy atom. The van der Waals surface area contributed by atoms with Gasteiger partial charge in [-0.15, -0.1) is 0 Å². The number of carboxylic acids is 1. The van der Waals surface area contributed by atoms with Gasteiger partial charge in [0.2, 0.25) is 5.91 Å². The molecule has 0 saturated carbocycles. The molecule has 5 heteroatoms. The molecule has 0 aromatic heterocycles. The summed E-state index contributed by atoms with van der Waals surface area (Å²) in [7, 11) is 0. The quantitative estimate of drug-likeness (QED) is 0.632. The maximum Gasteiger partial charge on any atom is 0.305 e. The Morgan fingerprint density at radius 2 is 1.94 bits per heavy atom. The molecule has 1 amide bonds. The smallest absolute Gasteiger partial charge is 0.305 e. The summed E-state index contributed by atoms with van der Waals surface area (Å²) in [6, 6.07) is -0.282. The molecule has 2 unspecified atom stereocenters. The van der Waals surface area contributed by atoms with Crippen molar-refractivity contribution < 1.29 is 14.7 Å². The molecule has 1 saturated heterocycles. The number of nitrogens with one attached hydrogen (secondary N) is 2. The van der Waals surface area contributed by atoms with Crippen molar-refractivity contribution in [3.05, 3.63) is 0 Å². The second-order valence-electron chi connectivity index (χ2n) is 5.16. The molecule has 98 valence electrons. The van der Waals surface area contributed by atoms with Gasteiger partial charge in [0.15, 0.2) is 0 Å². The van der Waals surface area contributed by atoms with Gasteiger partial charge in [0.05, 0.1) is 6.42 Å².